The molecule has 0 aliphatic carbocycles. The van der Waals surface area contributed by atoms with Crippen LogP contribution in [-0.2, 0) is 46.1 Å². The Morgan fingerprint density at radius 3 is 1.85 bits per heavy atom. The van der Waals surface area contributed by atoms with Crippen LogP contribution in [0.15, 0.2) is 24.3 Å². The van der Waals surface area contributed by atoms with E-state index in [1.807, 2.05) is 0 Å². The lowest BCUT2D eigenvalue weighted by atomic mass is 9.99. The Kier molecular flexibility index (Phi) is 23.1. The van der Waals surface area contributed by atoms with Gasteiger partial charge in [0.25, 0.3) is 0 Å². The van der Waals surface area contributed by atoms with Crippen LogP contribution in [0.2, 0.25) is 0 Å². The van der Waals surface area contributed by atoms with E-state index in [1.165, 1.54) is 42.2 Å². The number of carboxylic acid groups (broad SMARTS) is 1. The first kappa shape index (κ1) is 39.8. The molecule has 46 heavy (non-hydrogen) atoms. The van der Waals surface area contributed by atoms with E-state index in [0.717, 1.165) is 44.3 Å². The van der Waals surface area contributed by atoms with Crippen LogP contribution in [-0.4, -0.2) is 120 Å². The number of hydrogen-bond donors (Lipinski definition) is 2. The molecule has 0 atom stereocenters. The quantitative estimate of drug-likeness (QED) is 0.109. The molecule has 0 saturated carbocycles. The molecule has 1 aromatic carbocycles. The lowest BCUT2D eigenvalue weighted by Gasteiger charge is -2.16. The van der Waals surface area contributed by atoms with E-state index < -0.39 is 5.97 Å². The molecule has 0 fully saturated rings. The Bertz CT molecular complexity index is 1060. The molecule has 0 unspecified atom stereocenters. The van der Waals surface area contributed by atoms with Gasteiger partial charge in [0, 0.05) is 11.9 Å². The number of carbonyl (C=O) groups is 1. The Morgan fingerprint density at radius 2 is 1.26 bits per heavy atom. The van der Waals surface area contributed by atoms with E-state index in [4.69, 9.17) is 44.2 Å². The summed E-state index contributed by atoms with van der Waals surface area (Å²) in [5.41, 5.74) is 9.82. The number of pyridine rings is 1. The highest BCUT2D eigenvalue weighted by molar-refractivity contribution is 5.84. The van der Waals surface area contributed by atoms with Gasteiger partial charge in [0.05, 0.1) is 91.2 Å². The number of aromatic nitrogens is 1. The molecule has 0 saturated heterocycles. The number of aryl methyl sites for hydroxylation is 2. The summed E-state index contributed by atoms with van der Waals surface area (Å²) >= 11 is 0. The van der Waals surface area contributed by atoms with Crippen LogP contribution >= 0.6 is 0 Å². The first-order chi connectivity index (χ1) is 22.5. The van der Waals surface area contributed by atoms with E-state index in [-0.39, 0.29) is 13.0 Å². The number of aliphatic carboxylic acids is 1. The minimum absolute atomic E-state index is 0.00574. The molecule has 0 radical (unpaired) electrons. The number of anilines is 1. The number of fused-ring (bicyclic) bond motifs is 1. The first-order valence-corrected chi connectivity index (χ1v) is 17.0. The van der Waals surface area contributed by atoms with Crippen molar-refractivity contribution in [3.05, 3.63) is 35.4 Å². The normalized spacial score (nSPS) is 11.6. The van der Waals surface area contributed by atoms with Crippen molar-refractivity contribution < 1.29 is 38.3 Å². The fourth-order valence-corrected chi connectivity index (χ4v) is 4.86. The van der Waals surface area contributed by atoms with E-state index in [0.29, 0.717) is 78.5 Å². The van der Waals surface area contributed by atoms with Crippen LogP contribution in [0.5, 0.6) is 0 Å². The molecule has 11 heteroatoms. The number of likely N-dealkylation sites (N-methyl/N-ethyl adjacent to an activating group) is 1. The van der Waals surface area contributed by atoms with Gasteiger partial charge in [-0.05, 0) is 69.0 Å². The van der Waals surface area contributed by atoms with Crippen LogP contribution in [0.1, 0.15) is 63.0 Å². The van der Waals surface area contributed by atoms with Crippen molar-refractivity contribution in [2.45, 2.75) is 64.7 Å². The summed E-state index contributed by atoms with van der Waals surface area (Å²) in [4.78, 5) is 17.4. The molecule has 0 aliphatic rings. The molecular formula is C35H59N3O8. The SMILES string of the molecule is CCCCCc1cc2c(CCCCCN(C)CCOCCOCCOCCOCCOCCOCCC(=O)O)cccc2nc1N. The zero-order valence-corrected chi connectivity index (χ0v) is 28.3. The number of nitrogens with two attached hydrogens (primary N) is 1. The first-order valence-electron chi connectivity index (χ1n) is 17.0. The van der Waals surface area contributed by atoms with Crippen molar-refractivity contribution in [3.8, 4) is 0 Å². The van der Waals surface area contributed by atoms with E-state index >= 15 is 0 Å². The van der Waals surface area contributed by atoms with Crippen molar-refractivity contribution in [1.82, 2.24) is 9.88 Å². The Balaban J connectivity index is 1.37. The summed E-state index contributed by atoms with van der Waals surface area (Å²) in [6, 6.07) is 8.69. The van der Waals surface area contributed by atoms with Crippen LogP contribution in [0.4, 0.5) is 5.82 Å². The summed E-state index contributed by atoms with van der Waals surface area (Å²) in [5.74, 6) is -0.185. The lowest BCUT2D eigenvalue weighted by Crippen LogP contribution is -2.25. The van der Waals surface area contributed by atoms with Gasteiger partial charge in [-0.15, -0.1) is 0 Å². The number of nitrogen functional groups attached to an aromatic ring is 1. The van der Waals surface area contributed by atoms with Crippen molar-refractivity contribution >= 4 is 22.7 Å². The minimum atomic E-state index is -0.866. The number of carboxylic acids is 1. The summed E-state index contributed by atoms with van der Waals surface area (Å²) in [5, 5.41) is 9.77. The van der Waals surface area contributed by atoms with Gasteiger partial charge in [-0.25, -0.2) is 4.98 Å². The molecule has 262 valence electrons. The monoisotopic (exact) mass is 649 g/mol. The Morgan fingerprint density at radius 1 is 0.717 bits per heavy atom. The molecule has 0 bridgehead atoms. The molecule has 2 rings (SSSR count). The molecular weight excluding hydrogens is 590 g/mol. The average Bonchev–Trinajstić information content (AvgIpc) is 3.04. The number of benzene rings is 1. The molecule has 1 aromatic heterocycles. The number of ether oxygens (including phenoxy) is 6. The third kappa shape index (κ3) is 19.3. The second-order valence-corrected chi connectivity index (χ2v) is 11.4. The maximum atomic E-state index is 10.4. The Hall–Kier alpha value is -2.38. The lowest BCUT2D eigenvalue weighted by molar-refractivity contribution is -0.138. The topological polar surface area (TPSA) is 135 Å². The van der Waals surface area contributed by atoms with Gasteiger partial charge in [-0.2, -0.15) is 0 Å². The number of rotatable bonds is 31. The van der Waals surface area contributed by atoms with Gasteiger partial charge in [0.1, 0.15) is 5.82 Å². The molecule has 3 N–H and O–H groups in total. The minimum Gasteiger partial charge on any atom is -0.481 e. The third-order valence-corrected chi connectivity index (χ3v) is 7.54. The number of unbranched alkanes of at least 4 members (excludes halogenated alkanes) is 4. The fraction of sp³-hybridized carbons (Fsp3) is 0.714. The van der Waals surface area contributed by atoms with Gasteiger partial charge in [-0.3, -0.25) is 4.79 Å². The molecule has 0 aliphatic heterocycles. The van der Waals surface area contributed by atoms with Gasteiger partial charge in [-0.1, -0.05) is 38.3 Å². The highest BCUT2D eigenvalue weighted by Crippen LogP contribution is 2.25. The second-order valence-electron chi connectivity index (χ2n) is 11.4. The number of hydrogen-bond acceptors (Lipinski definition) is 10. The standard InChI is InChI=1S/C35H59N3O8/c1-3-4-6-11-31-29-32-30(12-9-13-33(32)37-35(31)36)10-7-5-8-15-38(2)16-18-42-20-22-44-24-26-46-28-27-45-25-23-43-21-19-41-17-14-34(39)40/h9,12-13,29H,3-8,10-11,14-28H2,1-2H3,(H2,36,37)(H,39,40). The second kappa shape index (κ2) is 26.7. The maximum Gasteiger partial charge on any atom is 0.305 e. The van der Waals surface area contributed by atoms with Crippen LogP contribution in [0.25, 0.3) is 10.9 Å². The van der Waals surface area contributed by atoms with Gasteiger partial charge in [0.15, 0.2) is 0 Å². The fourth-order valence-electron chi connectivity index (χ4n) is 4.86. The van der Waals surface area contributed by atoms with Crippen LogP contribution < -0.4 is 5.73 Å². The summed E-state index contributed by atoms with van der Waals surface area (Å²) in [7, 11) is 2.15. The molecule has 11 nitrogen and oxygen atoms in total. The largest absolute Gasteiger partial charge is 0.481 e. The van der Waals surface area contributed by atoms with Crippen molar-refractivity contribution in [3.63, 3.8) is 0 Å². The predicted molar refractivity (Wildman–Crippen MR) is 182 cm³/mol. The van der Waals surface area contributed by atoms with Gasteiger partial charge < -0.3 is 44.2 Å². The molecule has 0 amide bonds. The van der Waals surface area contributed by atoms with Crippen molar-refractivity contribution in [2.75, 3.05) is 105 Å². The van der Waals surface area contributed by atoms with Gasteiger partial charge in [0.2, 0.25) is 0 Å². The highest BCUT2D eigenvalue weighted by atomic mass is 16.6. The average molecular weight is 650 g/mol. The van der Waals surface area contributed by atoms with Crippen LogP contribution in [0.3, 0.4) is 0 Å². The van der Waals surface area contributed by atoms with E-state index in [2.05, 4.69) is 43.1 Å². The Labute approximate surface area is 276 Å². The highest BCUT2D eigenvalue weighted by Gasteiger charge is 2.08. The van der Waals surface area contributed by atoms with E-state index in [9.17, 15) is 4.79 Å². The van der Waals surface area contributed by atoms with Crippen LogP contribution in [0, 0.1) is 0 Å². The van der Waals surface area contributed by atoms with E-state index in [1.54, 1.807) is 0 Å². The zero-order chi connectivity index (χ0) is 33.1. The summed E-state index contributed by atoms with van der Waals surface area (Å²) in [6.45, 7) is 9.99. The van der Waals surface area contributed by atoms with Crippen molar-refractivity contribution in [2.24, 2.45) is 0 Å². The molecule has 0 spiro atoms. The van der Waals surface area contributed by atoms with Gasteiger partial charge >= 0.3 is 5.97 Å². The number of nitrogens with zero attached hydrogens (tertiary/aromatic N) is 2. The third-order valence-electron chi connectivity index (χ3n) is 7.54. The summed E-state index contributed by atoms with van der Waals surface area (Å²) < 4.78 is 32.7. The zero-order valence-electron chi connectivity index (χ0n) is 28.3. The van der Waals surface area contributed by atoms with Crippen molar-refractivity contribution in [1.29, 1.82) is 0 Å². The predicted octanol–water partition coefficient (Wildman–Crippen LogP) is 4.77. The maximum absolute atomic E-state index is 10.4. The summed E-state index contributed by atoms with van der Waals surface area (Å²) in [6.07, 6.45) is 9.20. The molecule has 1 heterocycles. The smallest absolute Gasteiger partial charge is 0.305 e. The molecule has 2 aromatic rings.